The van der Waals surface area contributed by atoms with Gasteiger partial charge in [0.2, 0.25) is 0 Å². The van der Waals surface area contributed by atoms with Crippen molar-refractivity contribution in [3.05, 3.63) is 114 Å². The van der Waals surface area contributed by atoms with Crippen molar-refractivity contribution in [3.63, 3.8) is 0 Å². The lowest BCUT2D eigenvalue weighted by Gasteiger charge is -2.38. The van der Waals surface area contributed by atoms with Crippen LogP contribution in [0.1, 0.15) is 33.6 Å². The van der Waals surface area contributed by atoms with Crippen molar-refractivity contribution < 1.29 is 9.53 Å². The van der Waals surface area contributed by atoms with Crippen molar-refractivity contribution in [1.29, 1.82) is 0 Å². The van der Waals surface area contributed by atoms with Gasteiger partial charge in [-0.3, -0.25) is 4.79 Å². The van der Waals surface area contributed by atoms with Crippen LogP contribution in [-0.2, 0) is 18.3 Å². The van der Waals surface area contributed by atoms with Crippen molar-refractivity contribution in [3.8, 4) is 11.4 Å². The van der Waals surface area contributed by atoms with E-state index in [0.717, 1.165) is 24.9 Å². The Morgan fingerprint density at radius 1 is 1.00 bits per heavy atom. The van der Waals surface area contributed by atoms with Crippen LogP contribution in [0.3, 0.4) is 0 Å². The van der Waals surface area contributed by atoms with Gasteiger partial charge in [-0.25, -0.2) is 4.68 Å². The molecule has 1 aliphatic carbocycles. The lowest BCUT2D eigenvalue weighted by Crippen LogP contribution is -2.44. The second-order valence-electron chi connectivity index (χ2n) is 8.57. The van der Waals surface area contributed by atoms with Crippen LogP contribution < -0.4 is 10.1 Å². The first-order valence-electron chi connectivity index (χ1n) is 11.3. The van der Waals surface area contributed by atoms with Crippen LogP contribution >= 0.6 is 0 Å². The molecule has 4 aromatic rings. The molecule has 33 heavy (non-hydrogen) atoms. The van der Waals surface area contributed by atoms with Crippen LogP contribution in [0.4, 0.5) is 0 Å². The second kappa shape index (κ2) is 8.94. The number of para-hydroxylation sites is 2. The summed E-state index contributed by atoms with van der Waals surface area (Å²) in [6, 6.07) is 28.1. The maximum Gasteiger partial charge on any atom is 0.255 e. The van der Waals surface area contributed by atoms with E-state index in [2.05, 4.69) is 46.4 Å². The van der Waals surface area contributed by atoms with Crippen LogP contribution in [0, 0.1) is 0 Å². The number of aromatic nitrogens is 2. The molecule has 0 fully saturated rings. The Balaban J connectivity index is 1.45. The molecule has 1 aromatic heterocycles. The monoisotopic (exact) mass is 437 g/mol. The molecule has 5 rings (SSSR count). The Kier molecular flexibility index (Phi) is 5.69. The van der Waals surface area contributed by atoms with E-state index >= 15 is 0 Å². The summed E-state index contributed by atoms with van der Waals surface area (Å²) in [7, 11) is 1.59. The third-order valence-electron chi connectivity index (χ3n) is 6.65. The maximum absolute atomic E-state index is 13.1. The predicted molar refractivity (Wildman–Crippen MR) is 129 cm³/mol. The maximum atomic E-state index is 13.1. The fraction of sp³-hybridized carbons (Fsp3) is 0.214. The zero-order valence-electron chi connectivity index (χ0n) is 18.7. The Hall–Kier alpha value is -3.86. The van der Waals surface area contributed by atoms with Crippen molar-refractivity contribution in [2.24, 2.45) is 0 Å². The Morgan fingerprint density at radius 2 is 1.70 bits per heavy atom. The first kappa shape index (κ1) is 21.0. The third-order valence-corrected chi connectivity index (χ3v) is 6.65. The standard InChI is InChI=1S/C28H27N3O2/c1-33-26-15-9-8-14-24(26)27(32)29-20-28(22-10-4-2-5-11-22)17-16-25-21(18-28)19-30-31(25)23-12-6-3-7-13-23/h2-15,19H,16-18,20H2,1H3,(H,29,32). The molecule has 1 N–H and O–H groups in total. The lowest BCUT2D eigenvalue weighted by atomic mass is 9.68. The predicted octanol–water partition coefficient (Wildman–Crippen LogP) is 4.74. The number of carbonyl (C=O) groups excluding carboxylic acids is 1. The number of fused-ring (bicyclic) bond motifs is 1. The highest BCUT2D eigenvalue weighted by atomic mass is 16.5. The van der Waals surface area contributed by atoms with E-state index in [0.29, 0.717) is 17.9 Å². The fourth-order valence-electron chi connectivity index (χ4n) is 4.89. The molecule has 0 saturated heterocycles. The molecule has 0 radical (unpaired) electrons. The van der Waals surface area contributed by atoms with Gasteiger partial charge in [0.1, 0.15) is 5.75 Å². The van der Waals surface area contributed by atoms with Gasteiger partial charge in [-0.15, -0.1) is 0 Å². The molecule has 0 bridgehead atoms. The lowest BCUT2D eigenvalue weighted by molar-refractivity contribution is 0.0937. The zero-order valence-corrected chi connectivity index (χ0v) is 18.7. The average molecular weight is 438 g/mol. The fourth-order valence-corrected chi connectivity index (χ4v) is 4.89. The molecule has 5 heteroatoms. The van der Waals surface area contributed by atoms with Gasteiger partial charge in [0.15, 0.2) is 0 Å². The normalized spacial score (nSPS) is 17.2. The Morgan fingerprint density at radius 3 is 2.45 bits per heavy atom. The van der Waals surface area contributed by atoms with E-state index in [1.165, 1.54) is 16.8 Å². The van der Waals surface area contributed by atoms with Gasteiger partial charge in [0, 0.05) is 17.7 Å². The van der Waals surface area contributed by atoms with Gasteiger partial charge < -0.3 is 10.1 Å². The smallest absolute Gasteiger partial charge is 0.255 e. The minimum Gasteiger partial charge on any atom is -0.496 e. The summed E-state index contributed by atoms with van der Waals surface area (Å²) in [5.74, 6) is 0.465. The molecule has 1 unspecified atom stereocenters. The average Bonchev–Trinajstić information content (AvgIpc) is 3.31. The van der Waals surface area contributed by atoms with Gasteiger partial charge in [-0.05, 0) is 54.7 Å². The summed E-state index contributed by atoms with van der Waals surface area (Å²) >= 11 is 0. The SMILES string of the molecule is COc1ccccc1C(=O)NCC1(c2ccccc2)CCc2c(cnn2-c2ccccc2)C1. The Bertz CT molecular complexity index is 1250. The van der Waals surface area contributed by atoms with Crippen LogP contribution in [0.15, 0.2) is 91.1 Å². The number of ether oxygens (including phenoxy) is 1. The minimum atomic E-state index is -0.198. The van der Waals surface area contributed by atoms with Crippen LogP contribution in [0.25, 0.3) is 5.69 Å². The van der Waals surface area contributed by atoms with E-state index in [-0.39, 0.29) is 11.3 Å². The number of rotatable bonds is 6. The molecule has 1 amide bonds. The number of nitrogens with zero attached hydrogens (tertiary/aromatic N) is 2. The molecule has 3 aromatic carbocycles. The summed E-state index contributed by atoms with van der Waals surface area (Å²) in [5, 5.41) is 7.91. The van der Waals surface area contributed by atoms with Gasteiger partial charge in [0.05, 0.1) is 24.6 Å². The van der Waals surface area contributed by atoms with E-state index in [1.807, 2.05) is 48.7 Å². The summed E-state index contributed by atoms with van der Waals surface area (Å²) in [6.45, 7) is 0.545. The summed E-state index contributed by atoms with van der Waals surface area (Å²) in [5.41, 5.74) is 5.16. The minimum absolute atomic E-state index is 0.117. The highest BCUT2D eigenvalue weighted by Gasteiger charge is 2.38. The molecule has 1 aliphatic rings. The largest absolute Gasteiger partial charge is 0.496 e. The molecule has 166 valence electrons. The number of hydrogen-bond acceptors (Lipinski definition) is 3. The third kappa shape index (κ3) is 4.02. The van der Waals surface area contributed by atoms with E-state index in [4.69, 9.17) is 9.84 Å². The molecule has 1 heterocycles. The zero-order chi connectivity index (χ0) is 22.7. The second-order valence-corrected chi connectivity index (χ2v) is 8.57. The van der Waals surface area contributed by atoms with Gasteiger partial charge in [-0.2, -0.15) is 5.10 Å². The molecular weight excluding hydrogens is 410 g/mol. The number of carbonyl (C=O) groups is 1. The summed E-state index contributed by atoms with van der Waals surface area (Å²) < 4.78 is 7.44. The highest BCUT2D eigenvalue weighted by molar-refractivity contribution is 5.97. The van der Waals surface area contributed by atoms with Gasteiger partial charge >= 0.3 is 0 Å². The number of benzene rings is 3. The first-order chi connectivity index (χ1) is 16.2. The van der Waals surface area contributed by atoms with Crippen LogP contribution in [0.2, 0.25) is 0 Å². The summed E-state index contributed by atoms with van der Waals surface area (Å²) in [6.07, 6.45) is 4.63. The van der Waals surface area contributed by atoms with Gasteiger partial charge in [-0.1, -0.05) is 60.7 Å². The van der Waals surface area contributed by atoms with Crippen LogP contribution in [-0.4, -0.2) is 29.3 Å². The highest BCUT2D eigenvalue weighted by Crippen LogP contribution is 2.39. The molecule has 0 spiro atoms. The number of methoxy groups -OCH3 is 1. The topological polar surface area (TPSA) is 56.1 Å². The molecule has 0 aliphatic heterocycles. The molecule has 1 atom stereocenters. The molecule has 0 saturated carbocycles. The molecule has 5 nitrogen and oxygen atoms in total. The van der Waals surface area contributed by atoms with E-state index < -0.39 is 0 Å². The number of amides is 1. The van der Waals surface area contributed by atoms with Crippen molar-refractivity contribution >= 4 is 5.91 Å². The molecular formula is C28H27N3O2. The quantitative estimate of drug-likeness (QED) is 0.474. The van der Waals surface area contributed by atoms with Crippen molar-refractivity contribution in [1.82, 2.24) is 15.1 Å². The number of hydrogen-bond donors (Lipinski definition) is 1. The van der Waals surface area contributed by atoms with E-state index in [1.54, 1.807) is 13.2 Å². The number of nitrogens with one attached hydrogen (secondary N) is 1. The first-order valence-corrected chi connectivity index (χ1v) is 11.3. The van der Waals surface area contributed by atoms with Crippen molar-refractivity contribution in [2.45, 2.75) is 24.7 Å². The van der Waals surface area contributed by atoms with Crippen LogP contribution in [0.5, 0.6) is 5.75 Å². The Labute approximate surface area is 194 Å². The van der Waals surface area contributed by atoms with E-state index in [9.17, 15) is 4.79 Å². The van der Waals surface area contributed by atoms with Crippen molar-refractivity contribution in [2.75, 3.05) is 13.7 Å². The van der Waals surface area contributed by atoms with Gasteiger partial charge in [0.25, 0.3) is 5.91 Å². The summed E-state index contributed by atoms with van der Waals surface area (Å²) in [4.78, 5) is 13.1.